The maximum Gasteiger partial charge on any atom is 0.155 e. The number of hydrogen-bond donors (Lipinski definition) is 0. The highest BCUT2D eigenvalue weighted by Crippen LogP contribution is 2.45. The van der Waals surface area contributed by atoms with Crippen molar-refractivity contribution in [2.75, 3.05) is 0 Å². The molecule has 4 nitrogen and oxygen atoms in total. The van der Waals surface area contributed by atoms with E-state index in [1.165, 1.54) is 32.7 Å². The summed E-state index contributed by atoms with van der Waals surface area (Å²) in [6, 6.07) is 72.2. The van der Waals surface area contributed by atoms with Crippen molar-refractivity contribution in [1.82, 2.24) is 4.98 Å². The minimum absolute atomic E-state index is 0.488. The summed E-state index contributed by atoms with van der Waals surface area (Å²) in [5.41, 5.74) is 13.2. The highest BCUT2D eigenvalue weighted by molar-refractivity contribution is 6.25. The highest BCUT2D eigenvalue weighted by Gasteiger charge is 2.22. The topological polar surface area (TPSA) is 50.8 Å². The van der Waals surface area contributed by atoms with E-state index in [-0.39, 0.29) is 0 Å². The first-order chi connectivity index (χ1) is 30.2. The summed E-state index contributed by atoms with van der Waals surface area (Å²) >= 11 is 0. The van der Waals surface area contributed by atoms with Gasteiger partial charge >= 0.3 is 0 Å². The van der Waals surface area contributed by atoms with Crippen molar-refractivity contribution in [3.8, 4) is 33.5 Å². The molecule has 4 heteroatoms. The molecule has 288 valence electrons. The minimum Gasteiger partial charge on any atom is -0.455 e. The van der Waals surface area contributed by atoms with Crippen LogP contribution in [0.25, 0.3) is 87.9 Å². The van der Waals surface area contributed by atoms with E-state index in [1.807, 2.05) is 30.3 Å². The molecule has 0 N–H and O–H groups in total. The van der Waals surface area contributed by atoms with E-state index < -0.39 is 0 Å². The van der Waals surface area contributed by atoms with Crippen LogP contribution in [0.1, 0.15) is 23.6 Å². The summed E-state index contributed by atoms with van der Waals surface area (Å²) in [7, 11) is 0. The average molecular weight is 782 g/mol. The van der Waals surface area contributed by atoms with Crippen molar-refractivity contribution in [3.63, 3.8) is 0 Å². The van der Waals surface area contributed by atoms with Gasteiger partial charge in [-0.05, 0) is 80.0 Å². The van der Waals surface area contributed by atoms with Crippen molar-refractivity contribution >= 4 is 65.9 Å². The van der Waals surface area contributed by atoms with Gasteiger partial charge in [0, 0.05) is 22.2 Å². The van der Waals surface area contributed by atoms with E-state index in [9.17, 15) is 0 Å². The lowest BCUT2D eigenvalue weighted by Crippen LogP contribution is -2.04. The van der Waals surface area contributed by atoms with Crippen LogP contribution in [0.5, 0.6) is 0 Å². The minimum atomic E-state index is 0.488. The summed E-state index contributed by atoms with van der Waals surface area (Å²) < 4.78 is 6.84. The molecule has 9 aromatic carbocycles. The number of amidine groups is 1. The maximum atomic E-state index is 6.84. The fourth-order valence-corrected chi connectivity index (χ4v) is 8.68. The van der Waals surface area contributed by atoms with Crippen molar-refractivity contribution in [2.24, 2.45) is 9.98 Å². The number of aromatic nitrogens is 1. The van der Waals surface area contributed by atoms with E-state index >= 15 is 0 Å². The van der Waals surface area contributed by atoms with E-state index in [0.717, 1.165) is 77.6 Å². The molecule has 0 aliphatic carbocycles. The molecule has 0 amide bonds. The fourth-order valence-electron chi connectivity index (χ4n) is 8.68. The van der Waals surface area contributed by atoms with Crippen LogP contribution < -0.4 is 0 Å². The molecule has 0 bridgehead atoms. The number of para-hydroxylation sites is 1. The molecule has 0 saturated carbocycles. The molecule has 0 spiro atoms. The van der Waals surface area contributed by atoms with Gasteiger partial charge < -0.3 is 4.42 Å². The zero-order chi connectivity index (χ0) is 40.7. The van der Waals surface area contributed by atoms with Crippen molar-refractivity contribution in [1.29, 1.82) is 0 Å². The van der Waals surface area contributed by atoms with Gasteiger partial charge in [-0.15, -0.1) is 0 Å². The summed E-state index contributed by atoms with van der Waals surface area (Å²) in [4.78, 5) is 15.7. The highest BCUT2D eigenvalue weighted by atomic mass is 16.3. The molecular formula is C57H39N3O. The number of rotatable bonds is 7. The summed E-state index contributed by atoms with van der Waals surface area (Å²) in [6.07, 6.45) is 0. The third kappa shape index (κ3) is 6.65. The van der Waals surface area contributed by atoms with E-state index in [1.54, 1.807) is 0 Å². The van der Waals surface area contributed by atoms with Crippen LogP contribution in [0.4, 0.5) is 0 Å². The quantitative estimate of drug-likeness (QED) is 0.0918. The Morgan fingerprint density at radius 3 is 1.92 bits per heavy atom. The number of hydrogen-bond acceptors (Lipinski definition) is 3. The number of fused-ring (bicyclic) bond motifs is 8. The maximum absolute atomic E-state index is 6.84. The molecule has 11 rings (SSSR count). The Bertz CT molecular complexity index is 3470. The van der Waals surface area contributed by atoms with Crippen LogP contribution in [0.2, 0.25) is 0 Å². The van der Waals surface area contributed by atoms with E-state index in [2.05, 4.69) is 183 Å². The third-order valence-electron chi connectivity index (χ3n) is 11.7. The first-order valence-corrected chi connectivity index (χ1v) is 20.7. The predicted molar refractivity (Wildman–Crippen MR) is 256 cm³/mol. The third-order valence-corrected chi connectivity index (χ3v) is 11.7. The van der Waals surface area contributed by atoms with E-state index in [0.29, 0.717) is 12.4 Å². The lowest BCUT2D eigenvalue weighted by atomic mass is 9.92. The molecule has 0 aliphatic heterocycles. The molecule has 61 heavy (non-hydrogen) atoms. The molecule has 0 saturated heterocycles. The van der Waals surface area contributed by atoms with Crippen molar-refractivity contribution in [2.45, 2.75) is 13.5 Å². The smallest absolute Gasteiger partial charge is 0.155 e. The molecule has 2 heterocycles. The van der Waals surface area contributed by atoms with Gasteiger partial charge in [-0.1, -0.05) is 188 Å². The Morgan fingerprint density at radius 2 is 1.13 bits per heavy atom. The second-order valence-electron chi connectivity index (χ2n) is 15.5. The Hall–Kier alpha value is -7.95. The number of pyridine rings is 1. The van der Waals surface area contributed by atoms with Gasteiger partial charge in [0.1, 0.15) is 11.2 Å². The largest absolute Gasteiger partial charge is 0.455 e. The molecule has 0 fully saturated rings. The number of aliphatic imine (C=N–C) groups is 2. The first kappa shape index (κ1) is 36.2. The Morgan fingerprint density at radius 1 is 0.492 bits per heavy atom. The number of furan rings is 1. The molecule has 0 aliphatic rings. The average Bonchev–Trinajstić information content (AvgIpc) is 3.73. The second kappa shape index (κ2) is 15.3. The lowest BCUT2D eigenvalue weighted by Gasteiger charge is -2.14. The van der Waals surface area contributed by atoms with Gasteiger partial charge in [0.2, 0.25) is 0 Å². The van der Waals surface area contributed by atoms with Crippen LogP contribution in [0.3, 0.4) is 0 Å². The zero-order valence-electron chi connectivity index (χ0n) is 33.6. The fraction of sp³-hybridized carbons (Fsp3) is 0.0351. The van der Waals surface area contributed by atoms with Gasteiger partial charge in [-0.2, -0.15) is 0 Å². The van der Waals surface area contributed by atoms with Crippen LogP contribution in [0.15, 0.2) is 221 Å². The second-order valence-corrected chi connectivity index (χ2v) is 15.5. The monoisotopic (exact) mass is 781 g/mol. The number of benzene rings is 9. The van der Waals surface area contributed by atoms with Crippen LogP contribution in [-0.4, -0.2) is 16.5 Å². The zero-order valence-corrected chi connectivity index (χ0v) is 33.6. The van der Waals surface area contributed by atoms with Gasteiger partial charge in [0.25, 0.3) is 0 Å². The number of nitrogens with zero attached hydrogens (tertiary/aromatic N) is 3. The Balaban J connectivity index is 0.974. The van der Waals surface area contributed by atoms with Crippen molar-refractivity contribution < 1.29 is 4.42 Å². The molecular weight excluding hydrogens is 743 g/mol. The summed E-state index contributed by atoms with van der Waals surface area (Å²) in [5.74, 6) is 0.705. The predicted octanol–water partition coefficient (Wildman–Crippen LogP) is 14.9. The van der Waals surface area contributed by atoms with Gasteiger partial charge in [0.15, 0.2) is 5.84 Å². The Kier molecular flexibility index (Phi) is 9.09. The molecule has 0 unspecified atom stereocenters. The summed E-state index contributed by atoms with van der Waals surface area (Å²) in [5, 5.41) is 7.88. The molecule has 11 aromatic rings. The first-order valence-electron chi connectivity index (χ1n) is 20.7. The van der Waals surface area contributed by atoms with Gasteiger partial charge in [0.05, 0.1) is 28.5 Å². The van der Waals surface area contributed by atoms with Crippen LogP contribution in [0, 0.1) is 0 Å². The van der Waals surface area contributed by atoms with Crippen LogP contribution >= 0.6 is 0 Å². The normalized spacial score (nSPS) is 12.3. The van der Waals surface area contributed by atoms with Gasteiger partial charge in [-0.3, -0.25) is 4.99 Å². The van der Waals surface area contributed by atoms with Crippen molar-refractivity contribution in [3.05, 3.63) is 223 Å². The Labute approximate surface area is 353 Å². The molecule has 2 aromatic heterocycles. The SMILES string of the molecule is CC(=NC(=NCc1ccc(-c2cccc3nc(-c4cc5ccccc5c5ccccc45)c4c5ccccc5oc4c23)cc1)c1ccccc1)c1ccc(-c2ccccc2)cc1. The summed E-state index contributed by atoms with van der Waals surface area (Å²) in [6.45, 7) is 2.54. The standard InChI is InChI=1S/C57H39N3O/c1-37(39-31-33-41(34-32-39)40-15-4-2-5-16-40)59-57(43-17-6-3-7-18-43)58-36-38-27-29-42(30-28-38)46-24-14-25-51-53(46)56-54(49-23-12-13-26-52(49)61-56)55(60-51)50-35-44-19-8-9-20-45(44)47-21-10-11-22-48(47)50/h2-35H,36H2,1H3. The lowest BCUT2D eigenvalue weighted by molar-refractivity contribution is 0.672. The van der Waals surface area contributed by atoms with Gasteiger partial charge in [-0.25, -0.2) is 9.98 Å². The molecule has 0 atom stereocenters. The molecule has 0 radical (unpaired) electrons. The van der Waals surface area contributed by atoms with E-state index in [4.69, 9.17) is 19.4 Å². The van der Waals surface area contributed by atoms with Crippen LogP contribution in [-0.2, 0) is 6.54 Å².